The molecule has 9 aromatic rings. The maximum Gasteiger partial charge on any atom is 0.158 e. The van der Waals surface area contributed by atoms with E-state index in [9.17, 15) is 0 Å². The molecule has 0 saturated carbocycles. The summed E-state index contributed by atoms with van der Waals surface area (Å²) in [5, 5.41) is 8.22. The van der Waals surface area contributed by atoms with Crippen LogP contribution in [0.4, 0.5) is 11.4 Å². The number of hydrogen-bond donors (Lipinski definition) is 1. The number of anilines is 2. The zero-order chi connectivity index (χ0) is 32.4. The van der Waals surface area contributed by atoms with Gasteiger partial charge in [-0.3, -0.25) is 0 Å². The number of para-hydroxylation sites is 1. The van der Waals surface area contributed by atoms with Crippen molar-refractivity contribution in [3.05, 3.63) is 204 Å². The van der Waals surface area contributed by atoms with E-state index in [1.807, 2.05) is 0 Å². The Bertz CT molecular complexity index is 2630. The Morgan fingerprint density at radius 1 is 0.408 bits per heavy atom. The summed E-state index contributed by atoms with van der Waals surface area (Å²) in [7, 11) is 0. The Balaban J connectivity index is 1.09. The molecular formula is C47H31NO. The van der Waals surface area contributed by atoms with Crippen molar-refractivity contribution in [2.75, 3.05) is 5.32 Å². The van der Waals surface area contributed by atoms with E-state index in [1.54, 1.807) is 0 Å². The van der Waals surface area contributed by atoms with Gasteiger partial charge in [-0.05, 0) is 74.2 Å². The minimum absolute atomic E-state index is 0.414. The number of benzene rings is 8. The fourth-order valence-electron chi connectivity index (χ4n) is 8.25. The summed E-state index contributed by atoms with van der Waals surface area (Å²) >= 11 is 0. The number of furan rings is 1. The van der Waals surface area contributed by atoms with Gasteiger partial charge in [-0.15, -0.1) is 0 Å². The fourth-order valence-corrected chi connectivity index (χ4v) is 8.25. The second kappa shape index (κ2) is 10.8. The summed E-state index contributed by atoms with van der Waals surface area (Å²) in [4.78, 5) is 0. The zero-order valence-electron chi connectivity index (χ0n) is 26.7. The molecule has 0 atom stereocenters. The molecule has 0 spiro atoms. The Hall–Kier alpha value is -6.38. The van der Waals surface area contributed by atoms with Crippen LogP contribution in [0, 0.1) is 0 Å². The first-order valence-electron chi connectivity index (χ1n) is 16.9. The molecule has 230 valence electrons. The van der Waals surface area contributed by atoms with Crippen molar-refractivity contribution in [2.24, 2.45) is 0 Å². The van der Waals surface area contributed by atoms with E-state index in [4.69, 9.17) is 4.42 Å². The number of fused-ring (bicyclic) bond motifs is 8. The van der Waals surface area contributed by atoms with Crippen molar-refractivity contribution < 1.29 is 4.42 Å². The molecule has 0 fully saturated rings. The molecule has 2 nitrogen and oxygen atoms in total. The van der Waals surface area contributed by atoms with E-state index in [0.29, 0.717) is 0 Å². The normalized spacial score (nSPS) is 13.1. The third-order valence-electron chi connectivity index (χ3n) is 10.3. The highest BCUT2D eigenvalue weighted by Crippen LogP contribution is 2.58. The third-order valence-corrected chi connectivity index (χ3v) is 10.3. The minimum Gasteiger partial charge on any atom is -0.453 e. The molecule has 1 aromatic heterocycles. The quantitative estimate of drug-likeness (QED) is 0.206. The Kier molecular flexibility index (Phi) is 6.13. The minimum atomic E-state index is -0.414. The summed E-state index contributed by atoms with van der Waals surface area (Å²) in [6.45, 7) is 0. The Morgan fingerprint density at radius 2 is 1.02 bits per heavy atom. The summed E-state index contributed by atoms with van der Waals surface area (Å²) < 4.78 is 6.58. The van der Waals surface area contributed by atoms with E-state index < -0.39 is 5.41 Å². The van der Waals surface area contributed by atoms with Gasteiger partial charge in [0.2, 0.25) is 0 Å². The molecule has 0 saturated heterocycles. The lowest BCUT2D eigenvalue weighted by atomic mass is 9.67. The maximum absolute atomic E-state index is 6.58. The van der Waals surface area contributed by atoms with Crippen LogP contribution in [0.1, 0.15) is 22.3 Å². The van der Waals surface area contributed by atoms with Crippen molar-refractivity contribution in [2.45, 2.75) is 5.41 Å². The van der Waals surface area contributed by atoms with Crippen LogP contribution in [-0.4, -0.2) is 0 Å². The third kappa shape index (κ3) is 4.07. The molecule has 0 bridgehead atoms. The van der Waals surface area contributed by atoms with Crippen LogP contribution in [0.25, 0.3) is 55.0 Å². The van der Waals surface area contributed by atoms with E-state index in [2.05, 4.69) is 187 Å². The largest absolute Gasteiger partial charge is 0.453 e. The summed E-state index contributed by atoms with van der Waals surface area (Å²) in [5.74, 6) is 0. The van der Waals surface area contributed by atoms with Crippen LogP contribution in [0.15, 0.2) is 186 Å². The van der Waals surface area contributed by atoms with Crippen LogP contribution in [0.5, 0.6) is 0 Å². The predicted molar refractivity (Wildman–Crippen MR) is 204 cm³/mol. The van der Waals surface area contributed by atoms with Crippen molar-refractivity contribution in [3.8, 4) is 22.3 Å². The molecule has 2 heteroatoms. The number of hydrogen-bond acceptors (Lipinski definition) is 2. The molecular weight excluding hydrogens is 595 g/mol. The maximum atomic E-state index is 6.58. The Morgan fingerprint density at radius 3 is 1.82 bits per heavy atom. The van der Waals surface area contributed by atoms with Gasteiger partial charge >= 0.3 is 0 Å². The molecule has 0 radical (unpaired) electrons. The standard InChI is InChI=1S/C47H31NO/c1-3-14-33(15-4-1)47(34-16-5-2-6-17-34)41-22-10-9-19-40(41)44-36(20-11-23-42(44)47)32-25-28-35(29-26-32)48-43-24-12-21-38-39-30-27-31-13-7-8-18-37(31)45(39)49-46(38)43/h1-30,48H. The highest BCUT2D eigenvalue weighted by molar-refractivity contribution is 6.17. The van der Waals surface area contributed by atoms with Gasteiger partial charge in [0.05, 0.1) is 11.1 Å². The molecule has 1 aliphatic rings. The van der Waals surface area contributed by atoms with Crippen molar-refractivity contribution >= 4 is 44.1 Å². The SMILES string of the molecule is c1ccc(C2(c3ccccc3)c3ccccc3-c3c(-c4ccc(Nc5cccc6c5oc5c7ccccc7ccc65)cc4)cccc32)cc1. The van der Waals surface area contributed by atoms with Gasteiger partial charge in [0, 0.05) is 21.8 Å². The van der Waals surface area contributed by atoms with E-state index in [1.165, 1.54) is 49.9 Å². The van der Waals surface area contributed by atoms with E-state index in [-0.39, 0.29) is 0 Å². The van der Waals surface area contributed by atoms with Crippen molar-refractivity contribution in [1.82, 2.24) is 0 Å². The van der Waals surface area contributed by atoms with Crippen molar-refractivity contribution in [1.29, 1.82) is 0 Å². The molecule has 8 aromatic carbocycles. The first-order chi connectivity index (χ1) is 24.3. The molecule has 0 amide bonds. The van der Waals surface area contributed by atoms with Gasteiger partial charge in [0.15, 0.2) is 5.58 Å². The number of rotatable bonds is 5. The zero-order valence-corrected chi connectivity index (χ0v) is 26.7. The van der Waals surface area contributed by atoms with Crippen LogP contribution in [0.2, 0.25) is 0 Å². The highest BCUT2D eigenvalue weighted by atomic mass is 16.3. The monoisotopic (exact) mass is 625 g/mol. The molecule has 49 heavy (non-hydrogen) atoms. The second-order valence-corrected chi connectivity index (χ2v) is 12.9. The van der Waals surface area contributed by atoms with Gasteiger partial charge < -0.3 is 9.73 Å². The first-order valence-corrected chi connectivity index (χ1v) is 16.9. The average molecular weight is 626 g/mol. The fraction of sp³-hybridized carbons (Fsp3) is 0.0213. The van der Waals surface area contributed by atoms with Gasteiger partial charge in [0.1, 0.15) is 5.58 Å². The van der Waals surface area contributed by atoms with Crippen molar-refractivity contribution in [3.63, 3.8) is 0 Å². The molecule has 0 unspecified atom stereocenters. The summed E-state index contributed by atoms with van der Waals surface area (Å²) in [6.07, 6.45) is 0. The van der Waals surface area contributed by atoms with E-state index >= 15 is 0 Å². The van der Waals surface area contributed by atoms with Gasteiger partial charge in [-0.25, -0.2) is 0 Å². The topological polar surface area (TPSA) is 25.2 Å². The smallest absolute Gasteiger partial charge is 0.158 e. The molecule has 1 heterocycles. The summed E-state index contributed by atoms with van der Waals surface area (Å²) in [6, 6.07) is 65.6. The highest BCUT2D eigenvalue weighted by Gasteiger charge is 2.46. The molecule has 1 aliphatic carbocycles. The van der Waals surface area contributed by atoms with Crippen LogP contribution >= 0.6 is 0 Å². The molecule has 0 aliphatic heterocycles. The second-order valence-electron chi connectivity index (χ2n) is 12.9. The molecule has 10 rings (SSSR count). The lowest BCUT2D eigenvalue weighted by molar-refractivity contribution is 0.674. The number of nitrogens with one attached hydrogen (secondary N) is 1. The van der Waals surface area contributed by atoms with Gasteiger partial charge in [-0.2, -0.15) is 0 Å². The molecule has 1 N–H and O–H groups in total. The summed E-state index contributed by atoms with van der Waals surface area (Å²) in [5.41, 5.74) is 13.5. The van der Waals surface area contributed by atoms with Gasteiger partial charge in [0.25, 0.3) is 0 Å². The van der Waals surface area contributed by atoms with Crippen LogP contribution in [-0.2, 0) is 5.41 Å². The Labute approximate surface area is 284 Å². The predicted octanol–water partition coefficient (Wildman–Crippen LogP) is 12.5. The first kappa shape index (κ1) is 27.7. The van der Waals surface area contributed by atoms with Crippen LogP contribution < -0.4 is 5.32 Å². The lowest BCUT2D eigenvalue weighted by Gasteiger charge is -2.34. The lowest BCUT2D eigenvalue weighted by Crippen LogP contribution is -2.28. The van der Waals surface area contributed by atoms with Crippen LogP contribution in [0.3, 0.4) is 0 Å². The van der Waals surface area contributed by atoms with E-state index in [0.717, 1.165) is 38.7 Å². The van der Waals surface area contributed by atoms with Gasteiger partial charge in [-0.1, -0.05) is 158 Å². The average Bonchev–Trinajstić information content (AvgIpc) is 3.71.